The molecule has 0 aliphatic carbocycles. The molecule has 0 spiro atoms. The molecule has 2 aromatic carbocycles. The van der Waals surface area contributed by atoms with Crippen molar-refractivity contribution in [2.45, 2.75) is 20.0 Å². The number of amides is 1. The van der Waals surface area contributed by atoms with Crippen LogP contribution in [-0.2, 0) is 18.5 Å². The van der Waals surface area contributed by atoms with Crippen molar-refractivity contribution in [1.29, 1.82) is 0 Å². The van der Waals surface area contributed by atoms with Crippen LogP contribution in [-0.4, -0.2) is 45.4 Å². The minimum absolute atomic E-state index is 0.112. The van der Waals surface area contributed by atoms with Gasteiger partial charge in [0.25, 0.3) is 0 Å². The van der Waals surface area contributed by atoms with E-state index >= 15 is 0 Å². The fourth-order valence-electron chi connectivity index (χ4n) is 3.26. The van der Waals surface area contributed by atoms with E-state index in [-0.39, 0.29) is 12.5 Å². The third-order valence-corrected chi connectivity index (χ3v) is 5.18. The Hall–Kier alpha value is -2.97. The van der Waals surface area contributed by atoms with Crippen molar-refractivity contribution in [3.8, 4) is 17.1 Å². The molecule has 0 aliphatic heterocycles. The normalized spacial score (nSPS) is 10.9. The standard InChI is InChI=1S/C22H27N5O2S/c1-4-14-26(15-20(28)23-18-12-8-9-13-19(18)29-3)16-27-22(30)25(2)21(24-27)17-10-6-5-7-11-17/h5-13H,4,14-16H2,1-3H3,(H,23,28). The van der Waals surface area contributed by atoms with Gasteiger partial charge in [0.05, 0.1) is 26.0 Å². The van der Waals surface area contributed by atoms with Crippen molar-refractivity contribution >= 4 is 23.8 Å². The number of ether oxygens (including phenoxy) is 1. The number of nitrogens with zero attached hydrogens (tertiary/aromatic N) is 4. The summed E-state index contributed by atoms with van der Waals surface area (Å²) < 4.78 is 9.58. The van der Waals surface area contributed by atoms with Crippen molar-refractivity contribution in [3.05, 3.63) is 59.4 Å². The first-order valence-corrected chi connectivity index (χ1v) is 10.3. The topological polar surface area (TPSA) is 64.3 Å². The molecule has 0 aliphatic rings. The number of carbonyl (C=O) groups excluding carboxylic acids is 1. The summed E-state index contributed by atoms with van der Waals surface area (Å²) in [6, 6.07) is 17.3. The Morgan fingerprint density at radius 1 is 1.17 bits per heavy atom. The molecule has 0 saturated carbocycles. The summed E-state index contributed by atoms with van der Waals surface area (Å²) in [4.78, 5) is 14.7. The number of aromatic nitrogens is 3. The van der Waals surface area contributed by atoms with Crippen LogP contribution < -0.4 is 10.1 Å². The van der Waals surface area contributed by atoms with E-state index in [2.05, 4.69) is 12.2 Å². The molecule has 3 rings (SSSR count). The molecular weight excluding hydrogens is 398 g/mol. The van der Waals surface area contributed by atoms with Gasteiger partial charge in [-0.15, -0.1) is 0 Å². The Balaban J connectivity index is 1.74. The monoisotopic (exact) mass is 425 g/mol. The number of para-hydroxylation sites is 2. The Kier molecular flexibility index (Phi) is 7.37. The summed E-state index contributed by atoms with van der Waals surface area (Å²) in [5.41, 5.74) is 1.66. The summed E-state index contributed by atoms with van der Waals surface area (Å²) in [5, 5.41) is 7.63. The van der Waals surface area contributed by atoms with Crippen LogP contribution in [0.1, 0.15) is 13.3 Å². The van der Waals surface area contributed by atoms with Gasteiger partial charge in [0.2, 0.25) is 5.91 Å². The van der Waals surface area contributed by atoms with Gasteiger partial charge in [-0.2, -0.15) is 5.10 Å². The quantitative estimate of drug-likeness (QED) is 0.526. The van der Waals surface area contributed by atoms with Crippen LogP contribution in [0, 0.1) is 4.77 Å². The second kappa shape index (κ2) is 10.2. The lowest BCUT2D eigenvalue weighted by Gasteiger charge is -2.21. The molecule has 0 fully saturated rings. The molecule has 1 heterocycles. The molecule has 8 heteroatoms. The third kappa shape index (κ3) is 5.14. The van der Waals surface area contributed by atoms with E-state index in [0.29, 0.717) is 22.9 Å². The Morgan fingerprint density at radius 3 is 2.57 bits per heavy atom. The number of hydrogen-bond acceptors (Lipinski definition) is 5. The van der Waals surface area contributed by atoms with E-state index in [1.807, 2.05) is 71.1 Å². The zero-order valence-corrected chi connectivity index (χ0v) is 18.4. The van der Waals surface area contributed by atoms with Gasteiger partial charge in [0.1, 0.15) is 5.75 Å². The predicted molar refractivity (Wildman–Crippen MR) is 121 cm³/mol. The molecule has 3 aromatic rings. The molecule has 0 unspecified atom stereocenters. The second-order valence-corrected chi connectivity index (χ2v) is 7.34. The van der Waals surface area contributed by atoms with Gasteiger partial charge in [-0.25, -0.2) is 4.68 Å². The van der Waals surface area contributed by atoms with Crippen LogP contribution in [0.2, 0.25) is 0 Å². The number of carbonyl (C=O) groups is 1. The summed E-state index contributed by atoms with van der Waals surface area (Å²) in [7, 11) is 3.49. The van der Waals surface area contributed by atoms with E-state index in [1.54, 1.807) is 11.8 Å². The third-order valence-electron chi connectivity index (χ3n) is 4.69. The zero-order valence-electron chi connectivity index (χ0n) is 17.5. The average molecular weight is 426 g/mol. The Bertz CT molecular complexity index is 1050. The number of hydrogen-bond donors (Lipinski definition) is 1. The smallest absolute Gasteiger partial charge is 0.238 e. The minimum atomic E-state index is -0.112. The van der Waals surface area contributed by atoms with Crippen molar-refractivity contribution in [1.82, 2.24) is 19.2 Å². The minimum Gasteiger partial charge on any atom is -0.495 e. The van der Waals surface area contributed by atoms with Gasteiger partial charge < -0.3 is 14.6 Å². The lowest BCUT2D eigenvalue weighted by Crippen LogP contribution is -2.35. The molecule has 30 heavy (non-hydrogen) atoms. The SMILES string of the molecule is CCCN(CC(=O)Nc1ccccc1OC)Cn1nc(-c2ccccc2)n(C)c1=S. The number of nitrogens with one attached hydrogen (secondary N) is 1. The molecule has 0 bridgehead atoms. The molecule has 1 amide bonds. The van der Waals surface area contributed by atoms with Crippen molar-refractivity contribution < 1.29 is 9.53 Å². The van der Waals surface area contributed by atoms with Crippen LogP contribution in [0.3, 0.4) is 0 Å². The van der Waals surface area contributed by atoms with Crippen molar-refractivity contribution in [3.63, 3.8) is 0 Å². The Labute approximate surface area is 181 Å². The first-order chi connectivity index (χ1) is 14.5. The van der Waals surface area contributed by atoms with Gasteiger partial charge in [0.15, 0.2) is 10.6 Å². The summed E-state index contributed by atoms with van der Waals surface area (Å²) >= 11 is 5.59. The van der Waals surface area contributed by atoms with Crippen LogP contribution in [0.5, 0.6) is 5.75 Å². The van der Waals surface area contributed by atoms with Crippen molar-refractivity contribution in [2.75, 3.05) is 25.5 Å². The van der Waals surface area contributed by atoms with Crippen LogP contribution in [0.15, 0.2) is 54.6 Å². The highest BCUT2D eigenvalue weighted by atomic mass is 32.1. The van der Waals surface area contributed by atoms with Gasteiger partial charge >= 0.3 is 0 Å². The molecule has 0 saturated heterocycles. The highest BCUT2D eigenvalue weighted by Crippen LogP contribution is 2.23. The van der Waals surface area contributed by atoms with Crippen LogP contribution in [0.25, 0.3) is 11.4 Å². The lowest BCUT2D eigenvalue weighted by atomic mass is 10.2. The van der Waals surface area contributed by atoms with Gasteiger partial charge in [0, 0.05) is 19.2 Å². The maximum absolute atomic E-state index is 12.7. The first kappa shape index (κ1) is 21.7. The van der Waals surface area contributed by atoms with Crippen molar-refractivity contribution in [2.24, 2.45) is 7.05 Å². The molecular formula is C22H27N5O2S. The first-order valence-electron chi connectivity index (χ1n) is 9.88. The highest BCUT2D eigenvalue weighted by molar-refractivity contribution is 7.71. The summed E-state index contributed by atoms with van der Waals surface area (Å²) in [6.07, 6.45) is 0.910. The zero-order chi connectivity index (χ0) is 21.5. The van der Waals surface area contributed by atoms with E-state index in [4.69, 9.17) is 22.1 Å². The average Bonchev–Trinajstić information content (AvgIpc) is 3.03. The Morgan fingerprint density at radius 2 is 1.87 bits per heavy atom. The van der Waals surface area contributed by atoms with E-state index in [1.165, 1.54) is 0 Å². The largest absolute Gasteiger partial charge is 0.495 e. The highest BCUT2D eigenvalue weighted by Gasteiger charge is 2.16. The fourth-order valence-corrected chi connectivity index (χ4v) is 3.45. The van der Waals surface area contributed by atoms with Gasteiger partial charge in [-0.05, 0) is 30.8 Å². The van der Waals surface area contributed by atoms with Crippen LogP contribution in [0.4, 0.5) is 5.69 Å². The molecule has 1 N–H and O–H groups in total. The second-order valence-electron chi connectivity index (χ2n) is 6.97. The summed E-state index contributed by atoms with van der Waals surface area (Å²) in [5.74, 6) is 1.32. The molecule has 1 aromatic heterocycles. The molecule has 7 nitrogen and oxygen atoms in total. The van der Waals surface area contributed by atoms with Crippen LogP contribution >= 0.6 is 12.2 Å². The fraction of sp³-hybridized carbons (Fsp3) is 0.318. The predicted octanol–water partition coefficient (Wildman–Crippen LogP) is 3.93. The molecule has 158 valence electrons. The summed E-state index contributed by atoms with van der Waals surface area (Å²) in [6.45, 7) is 3.49. The number of methoxy groups -OCH3 is 1. The van der Waals surface area contributed by atoms with E-state index < -0.39 is 0 Å². The molecule has 0 radical (unpaired) electrons. The van der Waals surface area contributed by atoms with E-state index in [9.17, 15) is 4.79 Å². The maximum Gasteiger partial charge on any atom is 0.238 e. The van der Waals surface area contributed by atoms with Gasteiger partial charge in [-0.1, -0.05) is 49.4 Å². The maximum atomic E-state index is 12.7. The number of anilines is 1. The molecule has 0 atom stereocenters. The van der Waals surface area contributed by atoms with Gasteiger partial charge in [-0.3, -0.25) is 9.69 Å². The number of benzene rings is 2. The lowest BCUT2D eigenvalue weighted by molar-refractivity contribution is -0.117. The van der Waals surface area contributed by atoms with E-state index in [0.717, 1.165) is 24.4 Å². The number of rotatable bonds is 9.